The lowest BCUT2D eigenvalue weighted by atomic mass is 10.3. The summed E-state index contributed by atoms with van der Waals surface area (Å²) in [5, 5.41) is 12.8. The molecule has 0 aliphatic carbocycles. The van der Waals surface area contributed by atoms with Gasteiger partial charge in [0.2, 0.25) is 5.13 Å². The molecule has 5 nitrogen and oxygen atoms in total. The monoisotopic (exact) mass is 312 g/mol. The fourth-order valence-electron chi connectivity index (χ4n) is 1.15. The van der Waals surface area contributed by atoms with Crippen molar-refractivity contribution < 1.29 is 4.79 Å². The van der Waals surface area contributed by atoms with Gasteiger partial charge < -0.3 is 0 Å². The molecule has 88 valence electrons. The highest BCUT2D eigenvalue weighted by Gasteiger charge is 2.09. The SMILES string of the molecule is O=C(Nc1nnc(CCBr)s1)c1cccnc1. The van der Waals surface area contributed by atoms with E-state index >= 15 is 0 Å². The molecule has 2 aromatic rings. The van der Waals surface area contributed by atoms with Crippen LogP contribution in [-0.4, -0.2) is 26.4 Å². The second kappa shape index (κ2) is 5.83. The van der Waals surface area contributed by atoms with Crippen molar-refractivity contribution in [3.63, 3.8) is 0 Å². The molecule has 0 radical (unpaired) electrons. The number of carbonyl (C=O) groups is 1. The van der Waals surface area contributed by atoms with Gasteiger partial charge in [-0.15, -0.1) is 10.2 Å². The number of carbonyl (C=O) groups excluding carboxylic acids is 1. The standard InChI is InChI=1S/C10H9BrN4OS/c11-4-3-8-14-15-10(17-8)13-9(16)7-2-1-5-12-6-7/h1-2,5-6H,3-4H2,(H,13,15,16). The smallest absolute Gasteiger partial charge is 0.259 e. The summed E-state index contributed by atoms with van der Waals surface area (Å²) in [6, 6.07) is 3.41. The van der Waals surface area contributed by atoms with Crippen LogP contribution in [0.4, 0.5) is 5.13 Å². The van der Waals surface area contributed by atoms with Gasteiger partial charge in [0.05, 0.1) is 5.56 Å². The summed E-state index contributed by atoms with van der Waals surface area (Å²) in [4.78, 5) is 15.6. The Labute approximate surface area is 110 Å². The molecule has 1 amide bonds. The fraction of sp³-hybridized carbons (Fsp3) is 0.200. The van der Waals surface area contributed by atoms with Gasteiger partial charge in [-0.3, -0.25) is 15.1 Å². The maximum Gasteiger partial charge on any atom is 0.259 e. The molecule has 0 atom stereocenters. The molecule has 0 spiro atoms. The Balaban J connectivity index is 2.03. The molecular formula is C10H9BrN4OS. The quantitative estimate of drug-likeness (QED) is 0.878. The molecule has 0 aliphatic rings. The van der Waals surface area contributed by atoms with Crippen LogP contribution in [0.3, 0.4) is 0 Å². The van der Waals surface area contributed by atoms with E-state index in [2.05, 4.69) is 36.4 Å². The van der Waals surface area contributed by atoms with E-state index < -0.39 is 0 Å². The Morgan fingerprint density at radius 3 is 3.06 bits per heavy atom. The second-order valence-corrected chi connectivity index (χ2v) is 4.99. The number of amides is 1. The Morgan fingerprint density at radius 2 is 2.35 bits per heavy atom. The van der Waals surface area contributed by atoms with Crippen LogP contribution in [0.25, 0.3) is 0 Å². The minimum Gasteiger partial charge on any atom is -0.296 e. The predicted octanol–water partition coefficient (Wildman–Crippen LogP) is 2.12. The van der Waals surface area contributed by atoms with Crippen LogP contribution in [0, 0.1) is 0 Å². The highest BCUT2D eigenvalue weighted by molar-refractivity contribution is 9.09. The van der Waals surface area contributed by atoms with Crippen molar-refractivity contribution in [3.05, 3.63) is 35.1 Å². The topological polar surface area (TPSA) is 67.8 Å². The second-order valence-electron chi connectivity index (χ2n) is 3.14. The third-order valence-electron chi connectivity index (χ3n) is 1.92. The summed E-state index contributed by atoms with van der Waals surface area (Å²) in [6.07, 6.45) is 3.94. The molecule has 2 rings (SSSR count). The number of nitrogens with zero attached hydrogens (tertiary/aromatic N) is 3. The van der Waals surface area contributed by atoms with Gasteiger partial charge in [0.15, 0.2) is 0 Å². The third kappa shape index (κ3) is 3.31. The molecule has 2 heterocycles. The summed E-state index contributed by atoms with van der Waals surface area (Å²) in [5.74, 6) is -0.223. The molecule has 17 heavy (non-hydrogen) atoms. The van der Waals surface area contributed by atoms with E-state index in [4.69, 9.17) is 0 Å². The van der Waals surface area contributed by atoms with Crippen LogP contribution in [0.1, 0.15) is 15.4 Å². The molecule has 0 aromatic carbocycles. The van der Waals surface area contributed by atoms with Crippen LogP contribution < -0.4 is 5.32 Å². The molecule has 0 saturated carbocycles. The van der Waals surface area contributed by atoms with Gasteiger partial charge in [0.1, 0.15) is 5.01 Å². The van der Waals surface area contributed by atoms with E-state index in [9.17, 15) is 4.79 Å². The molecule has 0 saturated heterocycles. The van der Waals surface area contributed by atoms with Gasteiger partial charge in [-0.1, -0.05) is 27.3 Å². The van der Waals surface area contributed by atoms with Crippen molar-refractivity contribution in [3.8, 4) is 0 Å². The number of anilines is 1. The van der Waals surface area contributed by atoms with Gasteiger partial charge in [0, 0.05) is 24.1 Å². The van der Waals surface area contributed by atoms with E-state index in [0.29, 0.717) is 10.7 Å². The van der Waals surface area contributed by atoms with Gasteiger partial charge in [0.25, 0.3) is 5.91 Å². The van der Waals surface area contributed by atoms with Crippen LogP contribution in [0.2, 0.25) is 0 Å². The first-order valence-electron chi connectivity index (χ1n) is 4.89. The van der Waals surface area contributed by atoms with Gasteiger partial charge >= 0.3 is 0 Å². The number of hydrogen-bond acceptors (Lipinski definition) is 5. The van der Waals surface area contributed by atoms with E-state index in [-0.39, 0.29) is 5.91 Å². The van der Waals surface area contributed by atoms with Crippen molar-refractivity contribution in [1.29, 1.82) is 0 Å². The fourth-order valence-corrected chi connectivity index (χ4v) is 2.52. The number of alkyl halides is 1. The Morgan fingerprint density at radius 1 is 1.47 bits per heavy atom. The number of rotatable bonds is 4. The number of halogens is 1. The minimum absolute atomic E-state index is 0.223. The van der Waals surface area contributed by atoms with E-state index in [1.54, 1.807) is 18.3 Å². The maximum absolute atomic E-state index is 11.8. The van der Waals surface area contributed by atoms with E-state index in [1.165, 1.54) is 17.5 Å². The Bertz CT molecular complexity index is 502. The molecule has 2 aromatic heterocycles. The van der Waals surface area contributed by atoms with E-state index in [1.807, 2.05) is 0 Å². The summed E-state index contributed by atoms with van der Waals surface area (Å²) >= 11 is 4.70. The van der Waals surface area contributed by atoms with Crippen LogP contribution in [-0.2, 0) is 6.42 Å². The average molecular weight is 313 g/mol. The zero-order chi connectivity index (χ0) is 12.1. The maximum atomic E-state index is 11.8. The molecule has 0 unspecified atom stereocenters. The largest absolute Gasteiger partial charge is 0.296 e. The zero-order valence-corrected chi connectivity index (χ0v) is 11.2. The molecule has 7 heteroatoms. The third-order valence-corrected chi connectivity index (χ3v) is 3.21. The molecule has 1 N–H and O–H groups in total. The van der Waals surface area contributed by atoms with Crippen molar-refractivity contribution in [2.24, 2.45) is 0 Å². The van der Waals surface area contributed by atoms with Crippen molar-refractivity contribution >= 4 is 38.3 Å². The first-order valence-corrected chi connectivity index (χ1v) is 6.83. The summed E-state index contributed by atoms with van der Waals surface area (Å²) in [5.41, 5.74) is 0.504. The number of aryl methyl sites for hydroxylation is 1. The first-order chi connectivity index (χ1) is 8.29. The number of pyridine rings is 1. The molecule has 0 aliphatic heterocycles. The van der Waals surface area contributed by atoms with E-state index in [0.717, 1.165) is 16.8 Å². The van der Waals surface area contributed by atoms with Crippen molar-refractivity contribution in [2.45, 2.75) is 6.42 Å². The van der Waals surface area contributed by atoms with Gasteiger partial charge in [-0.2, -0.15) is 0 Å². The average Bonchev–Trinajstić information content (AvgIpc) is 2.78. The number of nitrogens with one attached hydrogen (secondary N) is 1. The lowest BCUT2D eigenvalue weighted by Gasteiger charge is -1.99. The minimum atomic E-state index is -0.223. The van der Waals surface area contributed by atoms with Crippen LogP contribution in [0.5, 0.6) is 0 Å². The van der Waals surface area contributed by atoms with Crippen LogP contribution >= 0.6 is 27.3 Å². The predicted molar refractivity (Wildman–Crippen MR) is 69.6 cm³/mol. The van der Waals surface area contributed by atoms with Gasteiger partial charge in [-0.25, -0.2) is 0 Å². The van der Waals surface area contributed by atoms with Crippen LogP contribution in [0.15, 0.2) is 24.5 Å². The Kier molecular flexibility index (Phi) is 4.16. The first kappa shape index (κ1) is 12.1. The van der Waals surface area contributed by atoms with Crippen molar-refractivity contribution in [2.75, 3.05) is 10.6 Å². The lowest BCUT2D eigenvalue weighted by molar-refractivity contribution is 0.102. The highest BCUT2D eigenvalue weighted by Crippen LogP contribution is 2.16. The normalized spacial score (nSPS) is 10.2. The molecular weight excluding hydrogens is 304 g/mol. The number of hydrogen-bond donors (Lipinski definition) is 1. The van der Waals surface area contributed by atoms with Gasteiger partial charge in [-0.05, 0) is 12.1 Å². The molecule has 0 bridgehead atoms. The Hall–Kier alpha value is -1.34. The summed E-state index contributed by atoms with van der Waals surface area (Å²) in [7, 11) is 0. The van der Waals surface area contributed by atoms with Crippen molar-refractivity contribution in [1.82, 2.24) is 15.2 Å². The zero-order valence-electron chi connectivity index (χ0n) is 8.76. The summed E-state index contributed by atoms with van der Waals surface area (Å²) in [6.45, 7) is 0. The highest BCUT2D eigenvalue weighted by atomic mass is 79.9. The lowest BCUT2D eigenvalue weighted by Crippen LogP contribution is -2.11. The summed E-state index contributed by atoms with van der Waals surface area (Å²) < 4.78 is 0. The molecule has 0 fully saturated rings. The number of aromatic nitrogens is 3.